The van der Waals surface area contributed by atoms with E-state index in [1.807, 2.05) is 0 Å². The van der Waals surface area contributed by atoms with Crippen LogP contribution in [0.3, 0.4) is 0 Å². The molecule has 0 atom stereocenters. The lowest BCUT2D eigenvalue weighted by atomic mass is 9.82. The predicted molar refractivity (Wildman–Crippen MR) is 218 cm³/mol. The number of fused-ring (bicyclic) bond motifs is 4. The normalized spacial score (nSPS) is 15.0. The SMILES string of the molecule is Cc1cccc2c1-c1ccc(N(c3ccc(-c4ccc5ccccc5c4-c4ccccc4)cc3)c3ccc(C4CCCCC4)cc3)cc1C2(C)C. The summed E-state index contributed by atoms with van der Waals surface area (Å²) in [5, 5.41) is 2.54. The summed E-state index contributed by atoms with van der Waals surface area (Å²) in [5.41, 5.74) is 16.9. The minimum atomic E-state index is -0.0724. The molecule has 51 heavy (non-hydrogen) atoms. The van der Waals surface area contributed by atoms with Gasteiger partial charge in [0, 0.05) is 22.5 Å². The highest BCUT2D eigenvalue weighted by Crippen LogP contribution is 2.52. The monoisotopic (exact) mass is 659 g/mol. The lowest BCUT2D eigenvalue weighted by Gasteiger charge is -2.29. The molecule has 2 aliphatic carbocycles. The zero-order valence-corrected chi connectivity index (χ0v) is 30.0. The topological polar surface area (TPSA) is 3.24 Å². The van der Waals surface area contributed by atoms with Gasteiger partial charge in [0.05, 0.1) is 0 Å². The third-order valence-electron chi connectivity index (χ3n) is 11.8. The third-order valence-corrected chi connectivity index (χ3v) is 11.8. The molecule has 0 aromatic heterocycles. The highest BCUT2D eigenvalue weighted by Gasteiger charge is 2.36. The fourth-order valence-corrected chi connectivity index (χ4v) is 9.09. The Kier molecular flexibility index (Phi) is 7.88. The van der Waals surface area contributed by atoms with Crippen molar-refractivity contribution in [2.24, 2.45) is 0 Å². The van der Waals surface area contributed by atoms with Crippen LogP contribution in [-0.4, -0.2) is 0 Å². The molecule has 0 heterocycles. The predicted octanol–water partition coefficient (Wildman–Crippen LogP) is 14.3. The van der Waals surface area contributed by atoms with E-state index in [1.165, 1.54) is 110 Å². The molecule has 1 nitrogen and oxygen atoms in total. The van der Waals surface area contributed by atoms with E-state index in [1.54, 1.807) is 0 Å². The average Bonchev–Trinajstić information content (AvgIpc) is 3.42. The van der Waals surface area contributed by atoms with Crippen molar-refractivity contribution in [3.05, 3.63) is 174 Å². The molecule has 7 aromatic carbocycles. The number of benzene rings is 7. The van der Waals surface area contributed by atoms with Crippen molar-refractivity contribution in [2.45, 2.75) is 64.2 Å². The smallest absolute Gasteiger partial charge is 0.0465 e. The zero-order valence-electron chi connectivity index (χ0n) is 30.0. The minimum absolute atomic E-state index is 0.0724. The molecule has 7 aromatic rings. The van der Waals surface area contributed by atoms with Gasteiger partial charge in [-0.25, -0.2) is 0 Å². The van der Waals surface area contributed by atoms with Crippen LogP contribution in [0.25, 0.3) is 44.2 Å². The molecule has 1 fully saturated rings. The van der Waals surface area contributed by atoms with Gasteiger partial charge in [-0.05, 0) is 128 Å². The number of nitrogens with zero attached hydrogens (tertiary/aromatic N) is 1. The Morgan fingerprint density at radius 3 is 1.94 bits per heavy atom. The van der Waals surface area contributed by atoms with E-state index in [-0.39, 0.29) is 5.41 Å². The number of hydrogen-bond acceptors (Lipinski definition) is 1. The molecular formula is C50H45N. The van der Waals surface area contributed by atoms with E-state index in [2.05, 4.69) is 177 Å². The number of hydrogen-bond donors (Lipinski definition) is 0. The van der Waals surface area contributed by atoms with Gasteiger partial charge < -0.3 is 4.90 Å². The van der Waals surface area contributed by atoms with Crippen molar-refractivity contribution in [3.8, 4) is 33.4 Å². The molecule has 0 N–H and O–H groups in total. The molecule has 0 unspecified atom stereocenters. The Labute approximate surface area is 303 Å². The minimum Gasteiger partial charge on any atom is -0.310 e. The summed E-state index contributed by atoms with van der Waals surface area (Å²) in [6.45, 7) is 7.01. The van der Waals surface area contributed by atoms with Crippen LogP contribution in [0.15, 0.2) is 152 Å². The maximum absolute atomic E-state index is 2.46. The van der Waals surface area contributed by atoms with Crippen LogP contribution in [0.4, 0.5) is 17.1 Å². The van der Waals surface area contributed by atoms with Gasteiger partial charge in [0.1, 0.15) is 0 Å². The molecule has 1 heteroatoms. The van der Waals surface area contributed by atoms with Gasteiger partial charge in [-0.1, -0.05) is 148 Å². The first-order valence-corrected chi connectivity index (χ1v) is 18.8. The van der Waals surface area contributed by atoms with E-state index in [4.69, 9.17) is 0 Å². The average molecular weight is 660 g/mol. The van der Waals surface area contributed by atoms with Crippen molar-refractivity contribution in [3.63, 3.8) is 0 Å². The van der Waals surface area contributed by atoms with E-state index in [0.29, 0.717) is 5.92 Å². The van der Waals surface area contributed by atoms with Crippen LogP contribution < -0.4 is 4.90 Å². The summed E-state index contributed by atoms with van der Waals surface area (Å²) >= 11 is 0. The van der Waals surface area contributed by atoms with Gasteiger partial charge in [-0.15, -0.1) is 0 Å². The second kappa shape index (κ2) is 12.7. The fraction of sp³-hybridized carbons (Fsp3) is 0.200. The summed E-state index contributed by atoms with van der Waals surface area (Å²) in [6, 6.07) is 56.8. The lowest BCUT2D eigenvalue weighted by molar-refractivity contribution is 0.443. The highest BCUT2D eigenvalue weighted by molar-refractivity contribution is 6.04. The first-order chi connectivity index (χ1) is 25.0. The van der Waals surface area contributed by atoms with E-state index in [0.717, 1.165) is 5.69 Å². The van der Waals surface area contributed by atoms with Gasteiger partial charge in [0.25, 0.3) is 0 Å². The van der Waals surface area contributed by atoms with Gasteiger partial charge >= 0.3 is 0 Å². The Morgan fingerprint density at radius 2 is 1.18 bits per heavy atom. The number of anilines is 3. The van der Waals surface area contributed by atoms with E-state index < -0.39 is 0 Å². The van der Waals surface area contributed by atoms with Crippen LogP contribution in [0.2, 0.25) is 0 Å². The summed E-state index contributed by atoms with van der Waals surface area (Å²) in [4.78, 5) is 2.46. The molecule has 1 saturated carbocycles. The highest BCUT2D eigenvalue weighted by atomic mass is 15.1. The van der Waals surface area contributed by atoms with Gasteiger partial charge in [0.15, 0.2) is 0 Å². The molecular weight excluding hydrogens is 615 g/mol. The van der Waals surface area contributed by atoms with Crippen molar-refractivity contribution >= 4 is 27.8 Å². The summed E-state index contributed by atoms with van der Waals surface area (Å²) in [5.74, 6) is 0.684. The first-order valence-electron chi connectivity index (χ1n) is 18.8. The van der Waals surface area contributed by atoms with Gasteiger partial charge in [-0.2, -0.15) is 0 Å². The van der Waals surface area contributed by atoms with Crippen molar-refractivity contribution in [1.29, 1.82) is 0 Å². The van der Waals surface area contributed by atoms with Crippen LogP contribution in [0.1, 0.15) is 74.1 Å². The largest absolute Gasteiger partial charge is 0.310 e. The fourth-order valence-electron chi connectivity index (χ4n) is 9.09. The van der Waals surface area contributed by atoms with Gasteiger partial charge in [-0.3, -0.25) is 0 Å². The molecule has 0 spiro atoms. The second-order valence-electron chi connectivity index (χ2n) is 15.2. The Morgan fingerprint density at radius 1 is 0.510 bits per heavy atom. The van der Waals surface area contributed by atoms with Crippen molar-refractivity contribution in [2.75, 3.05) is 4.90 Å². The van der Waals surface area contributed by atoms with Crippen molar-refractivity contribution < 1.29 is 0 Å². The Balaban J connectivity index is 1.16. The summed E-state index contributed by atoms with van der Waals surface area (Å²) in [7, 11) is 0. The molecule has 0 saturated heterocycles. The van der Waals surface area contributed by atoms with Gasteiger partial charge in [0.2, 0.25) is 0 Å². The quantitative estimate of drug-likeness (QED) is 0.172. The van der Waals surface area contributed by atoms with E-state index >= 15 is 0 Å². The third kappa shape index (κ3) is 5.47. The van der Waals surface area contributed by atoms with Crippen LogP contribution in [-0.2, 0) is 5.41 Å². The first kappa shape index (κ1) is 31.6. The molecule has 0 aliphatic heterocycles. The molecule has 2 aliphatic rings. The molecule has 250 valence electrons. The summed E-state index contributed by atoms with van der Waals surface area (Å²) < 4.78 is 0. The summed E-state index contributed by atoms with van der Waals surface area (Å²) in [6.07, 6.45) is 6.69. The second-order valence-corrected chi connectivity index (χ2v) is 15.2. The van der Waals surface area contributed by atoms with Crippen LogP contribution in [0.5, 0.6) is 0 Å². The lowest BCUT2D eigenvalue weighted by Crippen LogP contribution is -2.16. The molecule has 0 bridgehead atoms. The van der Waals surface area contributed by atoms with Crippen LogP contribution in [0, 0.1) is 6.92 Å². The van der Waals surface area contributed by atoms with E-state index in [9.17, 15) is 0 Å². The van der Waals surface area contributed by atoms with Crippen molar-refractivity contribution in [1.82, 2.24) is 0 Å². The zero-order chi connectivity index (χ0) is 34.5. The molecule has 0 amide bonds. The maximum atomic E-state index is 2.46. The Bertz CT molecular complexity index is 2360. The number of aryl methyl sites for hydroxylation is 1. The maximum Gasteiger partial charge on any atom is 0.0465 e. The molecule has 0 radical (unpaired) electrons. The molecule has 9 rings (SSSR count). The number of rotatable bonds is 6. The standard InChI is InChI=1S/C50H45N/c1-34-13-12-20-46-48(34)45-32-30-42(33-47(45)50(46,2)3)51(40-26-21-36(22-27-40)35-14-6-4-7-15-35)41-28-23-38(24-29-41)44-31-25-37-16-10-11-19-43(37)49(44)39-17-8-5-9-18-39/h5,8-13,16-33,35H,4,6-7,14-15H2,1-3H3. The van der Waals surface area contributed by atoms with Crippen LogP contribution >= 0.6 is 0 Å². The Hall–Kier alpha value is -5.40.